The van der Waals surface area contributed by atoms with Gasteiger partial charge in [0.05, 0.1) is 23.7 Å². The molecule has 0 saturated heterocycles. The van der Waals surface area contributed by atoms with Crippen molar-refractivity contribution in [2.45, 2.75) is 127 Å². The number of anilines is 1. The van der Waals surface area contributed by atoms with E-state index in [1.807, 2.05) is 61.6 Å². The maximum atomic E-state index is 13.2. The molecule has 342 valence electrons. The summed E-state index contributed by atoms with van der Waals surface area (Å²) in [5.74, 6) is -1.98. The summed E-state index contributed by atoms with van der Waals surface area (Å²) >= 11 is 0. The van der Waals surface area contributed by atoms with Crippen LogP contribution in [0.2, 0.25) is 0 Å². The lowest BCUT2D eigenvalue weighted by Crippen LogP contribution is -2.48. The number of phenols is 1. The van der Waals surface area contributed by atoms with Crippen LogP contribution in [-0.4, -0.2) is 72.9 Å². The van der Waals surface area contributed by atoms with E-state index in [0.29, 0.717) is 80.0 Å². The van der Waals surface area contributed by atoms with Crippen LogP contribution < -0.4 is 16.2 Å². The van der Waals surface area contributed by atoms with Crippen molar-refractivity contribution in [2.24, 2.45) is 35.5 Å². The first kappa shape index (κ1) is 47.8. The molecule has 2 aliphatic carbocycles. The van der Waals surface area contributed by atoms with Gasteiger partial charge in [0.15, 0.2) is 0 Å². The molecule has 9 N–H and O–H groups in total. The Bertz CT molecular complexity index is 2070. The van der Waals surface area contributed by atoms with E-state index in [1.165, 1.54) is 25.3 Å². The highest BCUT2D eigenvalue weighted by molar-refractivity contribution is 5.71. The van der Waals surface area contributed by atoms with Crippen LogP contribution >= 0.6 is 0 Å². The van der Waals surface area contributed by atoms with E-state index >= 15 is 0 Å². The van der Waals surface area contributed by atoms with Crippen molar-refractivity contribution >= 4 is 11.8 Å². The van der Waals surface area contributed by atoms with Gasteiger partial charge in [0.25, 0.3) is 0 Å². The Morgan fingerprint density at radius 2 is 1.78 bits per heavy atom. The average molecular weight is 864 g/mol. The molecule has 9 unspecified atom stereocenters. The first-order valence-electron chi connectivity index (χ1n) is 23.5. The van der Waals surface area contributed by atoms with E-state index in [-0.39, 0.29) is 41.8 Å². The predicted octanol–water partition coefficient (Wildman–Crippen LogP) is 7.94. The van der Waals surface area contributed by atoms with Crippen molar-refractivity contribution < 1.29 is 35.4 Å². The van der Waals surface area contributed by atoms with Gasteiger partial charge in [0.1, 0.15) is 11.6 Å². The third-order valence-electron chi connectivity index (χ3n) is 14.1. The van der Waals surface area contributed by atoms with Gasteiger partial charge in [-0.15, -0.1) is 5.75 Å². The second-order valence-electron chi connectivity index (χ2n) is 18.8. The molecule has 11 nitrogen and oxygen atoms in total. The zero-order valence-corrected chi connectivity index (χ0v) is 37.3. The number of hydrogen-bond donors (Lipinski definition) is 8. The van der Waals surface area contributed by atoms with Gasteiger partial charge in [-0.3, -0.25) is 4.79 Å². The van der Waals surface area contributed by atoms with Crippen LogP contribution in [0.15, 0.2) is 85.1 Å². The minimum absolute atomic E-state index is 0.0824. The molecule has 11 heteroatoms. The number of hydrogen-bond acceptors (Lipinski definition) is 9. The number of carboxylic acids is 1. The first-order valence-corrected chi connectivity index (χ1v) is 23.5. The lowest BCUT2D eigenvalue weighted by Gasteiger charge is -2.40. The van der Waals surface area contributed by atoms with Gasteiger partial charge >= 0.3 is 5.97 Å². The summed E-state index contributed by atoms with van der Waals surface area (Å²) in [6.45, 7) is 2.59. The largest absolute Gasteiger partial charge is 0.872 e. The summed E-state index contributed by atoms with van der Waals surface area (Å²) in [4.78, 5) is 20.4. The van der Waals surface area contributed by atoms with E-state index in [1.54, 1.807) is 12.3 Å². The normalized spacial score (nSPS) is 23.7. The zero-order valence-electron chi connectivity index (χ0n) is 37.3. The fourth-order valence-electron chi connectivity index (χ4n) is 10.7. The van der Waals surface area contributed by atoms with E-state index in [2.05, 4.69) is 34.4 Å². The standard InChI is InChI=1S/C52H72N4O7/c1-3-4-7-12-35-17-18-38(47(58)26-35)15-10-6-11-16-43(51(61)62)48(59)29-40(33-54-2)52(63)32-37(23-36-21-22-55-50(53)27-36)24-39(52)28-41-19-20-46(56-41)44-30-42(57)31-49(60)45(44)25-34-13-8-5-9-14-34/h5,8-9,13-14,17-22,27,30-31,35,37-40,43,47-48,54,56-60,63H,3-4,6-7,10-12,15-16,23-26,28-29,32-33H2,1-2H3,(H2,53,55)(H,61,62)/p-1. The van der Waals surface area contributed by atoms with Crippen LogP contribution in [0.1, 0.15) is 113 Å². The molecule has 0 amide bonds. The third kappa shape index (κ3) is 13.0. The molecule has 0 aliphatic heterocycles. The topological polar surface area (TPSA) is 208 Å². The quantitative estimate of drug-likeness (QED) is 0.0252. The Morgan fingerprint density at radius 3 is 2.51 bits per heavy atom. The second kappa shape index (κ2) is 22.8. The minimum atomic E-state index is -1.25. The number of carboxylic acid groups (broad SMARTS) is 1. The van der Waals surface area contributed by atoms with Crippen LogP contribution in [0, 0.1) is 35.5 Å². The molecule has 0 spiro atoms. The number of unbranched alkanes of at least 4 members (excludes halogenated alkanes) is 4. The Hall–Kier alpha value is -4.68. The molecule has 9 atom stereocenters. The number of rotatable bonds is 24. The van der Waals surface area contributed by atoms with Crippen LogP contribution in [0.25, 0.3) is 11.3 Å². The molecule has 0 radical (unpaired) electrons. The van der Waals surface area contributed by atoms with Gasteiger partial charge in [-0.2, -0.15) is 0 Å². The Kier molecular flexibility index (Phi) is 17.3. The van der Waals surface area contributed by atoms with Crippen molar-refractivity contribution in [1.82, 2.24) is 15.3 Å². The fourth-order valence-corrected chi connectivity index (χ4v) is 10.7. The molecule has 1 fully saturated rings. The molecule has 2 aromatic carbocycles. The fraction of sp³-hybridized carbons (Fsp3) is 0.538. The maximum absolute atomic E-state index is 13.2. The molecular formula is C52H71N4O7-. The van der Waals surface area contributed by atoms with Gasteiger partial charge in [0.2, 0.25) is 0 Å². The summed E-state index contributed by atoms with van der Waals surface area (Å²) in [6.07, 6.45) is 16.5. The van der Waals surface area contributed by atoms with Gasteiger partial charge in [0, 0.05) is 41.5 Å². The number of aliphatic carboxylic acids is 1. The van der Waals surface area contributed by atoms with Crippen LogP contribution in [-0.2, 0) is 24.1 Å². The molecule has 2 heterocycles. The number of nitrogens with two attached hydrogens (primary N) is 1. The highest BCUT2D eigenvalue weighted by Crippen LogP contribution is 2.49. The molecule has 4 aromatic rings. The summed E-state index contributed by atoms with van der Waals surface area (Å²) in [6, 6.07) is 20.3. The number of nitrogen functional groups attached to an aromatic ring is 1. The minimum Gasteiger partial charge on any atom is -0.872 e. The van der Waals surface area contributed by atoms with E-state index in [9.17, 15) is 35.4 Å². The number of aliphatic hydroxyl groups excluding tert-OH is 2. The van der Waals surface area contributed by atoms with Gasteiger partial charge in [-0.1, -0.05) is 87.9 Å². The Labute approximate surface area is 373 Å². The molecule has 0 bridgehead atoms. The van der Waals surface area contributed by atoms with E-state index in [0.717, 1.165) is 48.9 Å². The Balaban J connectivity index is 1.15. The van der Waals surface area contributed by atoms with Crippen LogP contribution in [0.5, 0.6) is 11.5 Å². The van der Waals surface area contributed by atoms with E-state index < -0.39 is 29.5 Å². The zero-order chi connectivity index (χ0) is 44.9. The number of phenolic OH excluding ortho intramolecular Hbond substituents is 1. The summed E-state index contributed by atoms with van der Waals surface area (Å²) in [5.41, 5.74) is 9.55. The summed E-state index contributed by atoms with van der Waals surface area (Å²) in [7, 11) is 1.81. The maximum Gasteiger partial charge on any atom is 0.309 e. The molecule has 1 saturated carbocycles. The Morgan fingerprint density at radius 1 is 0.984 bits per heavy atom. The molecule has 2 aromatic heterocycles. The first-order chi connectivity index (χ1) is 30.4. The third-order valence-corrected chi connectivity index (χ3v) is 14.1. The number of pyridine rings is 1. The van der Waals surface area contributed by atoms with E-state index in [4.69, 9.17) is 5.73 Å². The lowest BCUT2D eigenvalue weighted by atomic mass is 9.73. The lowest BCUT2D eigenvalue weighted by molar-refractivity contribution is -0.269. The monoisotopic (exact) mass is 864 g/mol. The van der Waals surface area contributed by atoms with Gasteiger partial charge < -0.3 is 46.7 Å². The average Bonchev–Trinajstić information content (AvgIpc) is 3.84. The molecule has 6 rings (SSSR count). The summed E-state index contributed by atoms with van der Waals surface area (Å²) in [5, 5.41) is 72.9. The number of aliphatic hydroxyl groups is 3. The highest BCUT2D eigenvalue weighted by Gasteiger charge is 2.51. The second-order valence-corrected chi connectivity index (χ2v) is 18.8. The van der Waals surface area contributed by atoms with Gasteiger partial charge in [-0.25, -0.2) is 4.98 Å². The number of nitrogens with one attached hydrogen (secondary N) is 2. The smallest absolute Gasteiger partial charge is 0.309 e. The number of allylic oxidation sites excluding steroid dienone is 1. The molecule has 63 heavy (non-hydrogen) atoms. The number of nitrogens with zero attached hydrogens (tertiary/aromatic N) is 1. The predicted molar refractivity (Wildman–Crippen MR) is 247 cm³/mol. The number of benzene rings is 2. The molecular weight excluding hydrogens is 793 g/mol. The van der Waals surface area contributed by atoms with Gasteiger partial charge in [-0.05, 0) is 142 Å². The number of H-pyrrole nitrogens is 1. The van der Waals surface area contributed by atoms with Crippen molar-refractivity contribution in [3.8, 4) is 22.8 Å². The van der Waals surface area contributed by atoms with Crippen molar-refractivity contribution in [1.29, 1.82) is 0 Å². The van der Waals surface area contributed by atoms with Crippen LogP contribution in [0.4, 0.5) is 5.82 Å². The molecule has 2 aliphatic rings. The number of aromatic nitrogens is 2. The van der Waals surface area contributed by atoms with Crippen molar-refractivity contribution in [2.75, 3.05) is 19.3 Å². The number of carbonyl (C=O) groups is 1. The van der Waals surface area contributed by atoms with Crippen LogP contribution in [0.3, 0.4) is 0 Å². The summed E-state index contributed by atoms with van der Waals surface area (Å²) < 4.78 is 0. The number of aromatic hydroxyl groups is 1. The van der Waals surface area contributed by atoms with Crippen molar-refractivity contribution in [3.05, 3.63) is 107 Å². The highest BCUT2D eigenvalue weighted by atomic mass is 16.4. The SMILES string of the molecule is CCCCCC1C=CC(CCCCCC(C(=O)O)C(O)CC(CNC)C2(O)CC(Cc3ccnc(N)c3)CC2Cc2ccc(-c3cc(O)cc([O-])c3Cc3ccccc3)[nH]2)C(O)C1. The van der Waals surface area contributed by atoms with Crippen molar-refractivity contribution in [3.63, 3.8) is 0 Å². The number of aromatic amines is 1.